The Morgan fingerprint density at radius 1 is 1.00 bits per heavy atom. The van der Waals surface area contributed by atoms with Gasteiger partial charge >= 0.3 is 0 Å². The van der Waals surface area contributed by atoms with E-state index in [-0.39, 0.29) is 5.54 Å². The highest BCUT2D eigenvalue weighted by Gasteiger charge is 2.38. The fourth-order valence-corrected chi connectivity index (χ4v) is 4.45. The molecule has 3 atom stereocenters. The Morgan fingerprint density at radius 3 is 2.38 bits per heavy atom. The minimum atomic E-state index is -0.516. The monoisotopic (exact) mass is 351 g/mol. The first-order valence-corrected chi connectivity index (χ1v) is 9.71. The van der Waals surface area contributed by atoms with Crippen molar-refractivity contribution in [2.75, 3.05) is 13.2 Å². The lowest BCUT2D eigenvalue weighted by Crippen LogP contribution is -2.42. The van der Waals surface area contributed by atoms with E-state index in [1.807, 2.05) is 0 Å². The van der Waals surface area contributed by atoms with E-state index >= 15 is 0 Å². The lowest BCUT2D eigenvalue weighted by atomic mass is 9.63. The van der Waals surface area contributed by atoms with Crippen LogP contribution in [0.5, 0.6) is 5.75 Å². The Kier molecular flexibility index (Phi) is 4.54. The first-order chi connectivity index (χ1) is 12.4. The van der Waals surface area contributed by atoms with Gasteiger partial charge in [-0.15, -0.1) is 0 Å². The normalized spacial score (nSPS) is 21.8. The topological polar surface area (TPSA) is 41.5 Å². The van der Waals surface area contributed by atoms with Crippen LogP contribution < -0.4 is 10.1 Å². The number of fused-ring (bicyclic) bond motifs is 1. The summed E-state index contributed by atoms with van der Waals surface area (Å²) >= 11 is 0. The van der Waals surface area contributed by atoms with Crippen LogP contribution in [0.1, 0.15) is 67.7 Å². The lowest BCUT2D eigenvalue weighted by Gasteiger charge is -2.41. The van der Waals surface area contributed by atoms with E-state index in [1.165, 1.54) is 35.1 Å². The largest absolute Gasteiger partial charge is 0.491 e. The van der Waals surface area contributed by atoms with Crippen molar-refractivity contribution < 1.29 is 9.84 Å². The van der Waals surface area contributed by atoms with Crippen LogP contribution in [0.4, 0.5) is 0 Å². The molecule has 2 aromatic carbocycles. The van der Waals surface area contributed by atoms with E-state index in [9.17, 15) is 5.11 Å². The molecule has 0 fully saturated rings. The van der Waals surface area contributed by atoms with Crippen LogP contribution in [0.25, 0.3) is 0 Å². The highest BCUT2D eigenvalue weighted by molar-refractivity contribution is 5.59. The minimum absolute atomic E-state index is 0.00421. The van der Waals surface area contributed by atoms with Gasteiger partial charge in [-0.1, -0.05) is 36.4 Å². The Hall–Kier alpha value is -1.84. The lowest BCUT2D eigenvalue weighted by molar-refractivity contribution is 0.0992. The van der Waals surface area contributed by atoms with Crippen LogP contribution in [0.15, 0.2) is 42.5 Å². The quantitative estimate of drug-likeness (QED) is 0.849. The molecule has 2 N–H and O–H groups in total. The zero-order valence-corrected chi connectivity index (χ0v) is 16.0. The molecule has 0 aromatic heterocycles. The predicted octanol–water partition coefficient (Wildman–Crippen LogP) is 4.19. The van der Waals surface area contributed by atoms with Crippen molar-refractivity contribution >= 4 is 0 Å². The van der Waals surface area contributed by atoms with Gasteiger partial charge in [-0.25, -0.2) is 0 Å². The highest BCUT2D eigenvalue weighted by Crippen LogP contribution is 2.55. The second-order valence-electron chi connectivity index (χ2n) is 8.67. The van der Waals surface area contributed by atoms with E-state index < -0.39 is 6.10 Å². The van der Waals surface area contributed by atoms with E-state index in [0.29, 0.717) is 25.0 Å². The number of β-amino-alcohol motifs (C(OH)–C–C–N with tert-alkyl or cyclic N) is 1. The zero-order valence-electron chi connectivity index (χ0n) is 16.0. The van der Waals surface area contributed by atoms with Gasteiger partial charge in [-0.05, 0) is 56.4 Å². The predicted molar refractivity (Wildman–Crippen MR) is 105 cm³/mol. The molecule has 26 heavy (non-hydrogen) atoms. The van der Waals surface area contributed by atoms with Gasteiger partial charge in [0.1, 0.15) is 18.5 Å². The summed E-state index contributed by atoms with van der Waals surface area (Å²) in [6.07, 6.45) is 1.89. The molecule has 3 nitrogen and oxygen atoms in total. The number of hydrogen-bond donors (Lipinski definition) is 2. The van der Waals surface area contributed by atoms with Crippen LogP contribution >= 0.6 is 0 Å². The molecule has 0 saturated carbocycles. The first-order valence-electron chi connectivity index (χ1n) is 9.71. The summed E-state index contributed by atoms with van der Waals surface area (Å²) in [6, 6.07) is 15.3. The minimum Gasteiger partial charge on any atom is -0.491 e. The third kappa shape index (κ3) is 3.26. The van der Waals surface area contributed by atoms with Crippen molar-refractivity contribution in [3.05, 3.63) is 64.7 Å². The van der Waals surface area contributed by atoms with Gasteiger partial charge in [-0.3, -0.25) is 0 Å². The maximum atomic E-state index is 10.3. The molecule has 0 aliphatic heterocycles. The smallest absolute Gasteiger partial charge is 0.123 e. The molecule has 3 aliphatic carbocycles. The Morgan fingerprint density at radius 2 is 1.65 bits per heavy atom. The average Bonchev–Trinajstić information content (AvgIpc) is 2.64. The van der Waals surface area contributed by atoms with E-state index in [0.717, 1.165) is 5.75 Å². The van der Waals surface area contributed by atoms with Gasteiger partial charge in [0.25, 0.3) is 0 Å². The molecule has 2 aromatic rings. The summed E-state index contributed by atoms with van der Waals surface area (Å²) in [4.78, 5) is 0. The summed E-state index contributed by atoms with van der Waals surface area (Å²) in [5, 5.41) is 13.6. The molecule has 0 amide bonds. The third-order valence-corrected chi connectivity index (χ3v) is 5.61. The maximum Gasteiger partial charge on any atom is 0.123 e. The van der Waals surface area contributed by atoms with Gasteiger partial charge in [0.2, 0.25) is 0 Å². The number of benzene rings is 2. The van der Waals surface area contributed by atoms with E-state index in [2.05, 4.69) is 68.6 Å². The van der Waals surface area contributed by atoms with E-state index in [4.69, 9.17) is 4.74 Å². The zero-order chi connectivity index (χ0) is 18.3. The second kappa shape index (κ2) is 6.71. The third-order valence-electron chi connectivity index (χ3n) is 5.61. The van der Waals surface area contributed by atoms with Gasteiger partial charge in [0.05, 0.1) is 0 Å². The maximum absolute atomic E-state index is 10.3. The summed E-state index contributed by atoms with van der Waals surface area (Å²) < 4.78 is 6.11. The van der Waals surface area contributed by atoms with Crippen molar-refractivity contribution in [1.82, 2.24) is 5.32 Å². The Bertz CT molecular complexity index is 793. The Balaban J connectivity index is 1.54. The summed E-state index contributed by atoms with van der Waals surface area (Å²) in [5.41, 5.74) is 5.71. The highest BCUT2D eigenvalue weighted by atomic mass is 16.5. The first kappa shape index (κ1) is 17.6. The Labute approximate surface area is 156 Å². The van der Waals surface area contributed by atoms with Gasteiger partial charge in [0, 0.05) is 29.5 Å². The van der Waals surface area contributed by atoms with E-state index in [1.54, 1.807) is 0 Å². The number of nitrogens with one attached hydrogen (secondary N) is 1. The molecule has 2 bridgehead atoms. The average molecular weight is 351 g/mol. The van der Waals surface area contributed by atoms with Crippen LogP contribution in [0.2, 0.25) is 0 Å². The molecule has 0 spiro atoms. The summed E-state index contributed by atoms with van der Waals surface area (Å²) in [5.74, 6) is 1.86. The molecule has 0 radical (unpaired) electrons. The molecule has 3 unspecified atom stereocenters. The standard InChI is InChI=1S/C23H29NO2/c1-23(2,3)24-13-15(25)14-26-21-10-6-9-19-18-11-12-20(22(19)21)17-8-5-4-7-16(17)18/h4-10,15,18,20,24-25H,11-14H2,1-3H3. The fraction of sp³-hybridized carbons (Fsp3) is 0.478. The van der Waals surface area contributed by atoms with Crippen molar-refractivity contribution in [3.63, 3.8) is 0 Å². The molecular formula is C23H29NO2. The molecule has 3 aliphatic rings. The number of rotatable bonds is 5. The van der Waals surface area contributed by atoms with Crippen LogP contribution in [0.3, 0.4) is 0 Å². The van der Waals surface area contributed by atoms with Crippen LogP contribution in [-0.4, -0.2) is 29.9 Å². The molecule has 0 heterocycles. The number of ether oxygens (including phenoxy) is 1. The fourth-order valence-electron chi connectivity index (χ4n) is 4.45. The van der Waals surface area contributed by atoms with Gasteiger partial charge in [0.15, 0.2) is 0 Å². The molecule has 3 heteroatoms. The van der Waals surface area contributed by atoms with Crippen molar-refractivity contribution in [3.8, 4) is 5.75 Å². The number of aliphatic hydroxyl groups is 1. The molecule has 0 saturated heterocycles. The molecule has 5 rings (SSSR count). The van der Waals surface area contributed by atoms with Crippen LogP contribution in [-0.2, 0) is 0 Å². The van der Waals surface area contributed by atoms with Crippen molar-refractivity contribution in [2.24, 2.45) is 0 Å². The molecule has 138 valence electrons. The van der Waals surface area contributed by atoms with Crippen molar-refractivity contribution in [1.29, 1.82) is 0 Å². The second-order valence-corrected chi connectivity index (χ2v) is 8.67. The summed E-state index contributed by atoms with van der Waals surface area (Å²) in [6.45, 7) is 7.15. The molecular weight excluding hydrogens is 322 g/mol. The number of aliphatic hydroxyl groups excluding tert-OH is 1. The van der Waals surface area contributed by atoms with Crippen LogP contribution in [0, 0.1) is 0 Å². The summed E-state index contributed by atoms with van der Waals surface area (Å²) in [7, 11) is 0. The number of hydrogen-bond acceptors (Lipinski definition) is 3. The van der Waals surface area contributed by atoms with Gasteiger partial charge in [-0.2, -0.15) is 0 Å². The SMILES string of the molecule is CC(C)(C)NCC(O)COc1cccc2c1C1CCC2c2ccccc21. The van der Waals surface area contributed by atoms with Crippen molar-refractivity contribution in [2.45, 2.75) is 57.1 Å². The van der Waals surface area contributed by atoms with Gasteiger partial charge < -0.3 is 15.2 Å².